The van der Waals surface area contributed by atoms with Gasteiger partial charge in [0.2, 0.25) is 0 Å². The van der Waals surface area contributed by atoms with E-state index in [4.69, 9.17) is 0 Å². The lowest BCUT2D eigenvalue weighted by molar-refractivity contribution is -0.137. The first-order valence-corrected chi connectivity index (χ1v) is 6.73. The fourth-order valence-corrected chi connectivity index (χ4v) is 2.08. The lowest BCUT2D eigenvalue weighted by Gasteiger charge is -2.10. The third-order valence-electron chi connectivity index (χ3n) is 2.45. The van der Waals surface area contributed by atoms with Gasteiger partial charge in [0.15, 0.2) is 0 Å². The van der Waals surface area contributed by atoms with E-state index in [1.807, 2.05) is 18.2 Å². The summed E-state index contributed by atoms with van der Waals surface area (Å²) in [7, 11) is 0. The van der Waals surface area contributed by atoms with Gasteiger partial charge in [0.1, 0.15) is 0 Å². The summed E-state index contributed by atoms with van der Waals surface area (Å²) in [6.07, 6.45) is -4.44. The molecule has 2 amide bonds. The first kappa shape index (κ1) is 15.2. The zero-order valence-corrected chi connectivity index (χ0v) is 11.5. The van der Waals surface area contributed by atoms with Crippen molar-refractivity contribution in [2.75, 3.05) is 5.32 Å². The van der Waals surface area contributed by atoms with Gasteiger partial charge >= 0.3 is 12.2 Å². The van der Waals surface area contributed by atoms with Gasteiger partial charge in [-0.25, -0.2) is 4.79 Å². The number of amides is 2. The standard InChI is InChI=1S/C14H11F3N2OS/c15-14(16,17)10-5-4-6-11(9-10)18-13(20)19-21-12-7-2-1-3-8-12/h1-9H,(H2,18,19,20). The van der Waals surface area contributed by atoms with E-state index in [2.05, 4.69) is 10.0 Å². The molecule has 0 fully saturated rings. The molecule has 2 N–H and O–H groups in total. The zero-order valence-electron chi connectivity index (χ0n) is 10.6. The smallest absolute Gasteiger partial charge is 0.307 e. The van der Waals surface area contributed by atoms with Crippen LogP contribution in [0.2, 0.25) is 0 Å². The van der Waals surface area contributed by atoms with Crippen LogP contribution >= 0.6 is 11.9 Å². The maximum atomic E-state index is 12.5. The summed E-state index contributed by atoms with van der Waals surface area (Å²) in [5.41, 5.74) is -0.730. The van der Waals surface area contributed by atoms with Crippen molar-refractivity contribution in [2.24, 2.45) is 0 Å². The molecule has 0 aliphatic carbocycles. The number of anilines is 1. The van der Waals surface area contributed by atoms with Crippen LogP contribution in [0.5, 0.6) is 0 Å². The number of urea groups is 1. The van der Waals surface area contributed by atoms with Crippen LogP contribution in [0.3, 0.4) is 0 Å². The molecule has 0 saturated heterocycles. The van der Waals surface area contributed by atoms with Crippen LogP contribution < -0.4 is 10.0 Å². The second-order valence-corrected chi connectivity index (χ2v) is 4.93. The molecule has 0 atom stereocenters. The second-order valence-electron chi connectivity index (χ2n) is 4.05. The number of nitrogens with one attached hydrogen (secondary N) is 2. The van der Waals surface area contributed by atoms with Gasteiger partial charge < -0.3 is 5.32 Å². The largest absolute Gasteiger partial charge is 0.416 e. The fourth-order valence-electron chi connectivity index (χ4n) is 1.52. The molecule has 3 nitrogen and oxygen atoms in total. The van der Waals surface area contributed by atoms with Gasteiger partial charge in [-0.15, -0.1) is 0 Å². The molecule has 2 aromatic rings. The lowest BCUT2D eigenvalue weighted by Crippen LogP contribution is -2.22. The van der Waals surface area contributed by atoms with Gasteiger partial charge in [-0.05, 0) is 42.3 Å². The molecule has 0 aliphatic heterocycles. The molecular formula is C14H11F3N2OS. The van der Waals surface area contributed by atoms with Gasteiger partial charge in [-0.2, -0.15) is 13.2 Å². The van der Waals surface area contributed by atoms with Crippen molar-refractivity contribution in [2.45, 2.75) is 11.1 Å². The number of hydrogen-bond donors (Lipinski definition) is 2. The number of halogens is 3. The molecule has 2 rings (SSSR count). The highest BCUT2D eigenvalue weighted by molar-refractivity contribution is 7.98. The molecule has 0 bridgehead atoms. The minimum Gasteiger partial charge on any atom is -0.307 e. The van der Waals surface area contributed by atoms with Crippen molar-refractivity contribution < 1.29 is 18.0 Å². The predicted molar refractivity (Wildman–Crippen MR) is 75.9 cm³/mol. The Morgan fingerprint density at radius 1 is 1.00 bits per heavy atom. The van der Waals surface area contributed by atoms with Crippen molar-refractivity contribution >= 4 is 23.7 Å². The van der Waals surface area contributed by atoms with Crippen molar-refractivity contribution in [3.8, 4) is 0 Å². The molecule has 0 heterocycles. The third-order valence-corrected chi connectivity index (χ3v) is 3.25. The summed E-state index contributed by atoms with van der Waals surface area (Å²) >= 11 is 1.07. The number of alkyl halides is 3. The molecule has 0 saturated carbocycles. The van der Waals surface area contributed by atoms with Gasteiger partial charge in [-0.3, -0.25) is 4.72 Å². The van der Waals surface area contributed by atoms with Crippen LogP contribution in [0.1, 0.15) is 5.56 Å². The first-order chi connectivity index (χ1) is 9.95. The Morgan fingerprint density at radius 3 is 2.38 bits per heavy atom. The molecule has 0 unspecified atom stereocenters. The lowest BCUT2D eigenvalue weighted by atomic mass is 10.2. The quantitative estimate of drug-likeness (QED) is 0.817. The number of benzene rings is 2. The Morgan fingerprint density at radius 2 is 1.71 bits per heavy atom. The van der Waals surface area contributed by atoms with E-state index in [-0.39, 0.29) is 5.69 Å². The minimum atomic E-state index is -4.44. The summed E-state index contributed by atoms with van der Waals surface area (Å²) in [6, 6.07) is 12.9. The number of hydrogen-bond acceptors (Lipinski definition) is 2. The van der Waals surface area contributed by atoms with E-state index >= 15 is 0 Å². The van der Waals surface area contributed by atoms with Crippen LogP contribution in [0, 0.1) is 0 Å². The third kappa shape index (κ3) is 4.71. The molecule has 2 aromatic carbocycles. The van der Waals surface area contributed by atoms with Crippen molar-refractivity contribution in [3.63, 3.8) is 0 Å². The highest BCUT2D eigenvalue weighted by atomic mass is 32.2. The van der Waals surface area contributed by atoms with Gasteiger partial charge in [0.25, 0.3) is 0 Å². The zero-order chi connectivity index (χ0) is 15.3. The molecule has 0 spiro atoms. The number of carbonyl (C=O) groups excluding carboxylic acids is 1. The highest BCUT2D eigenvalue weighted by Gasteiger charge is 2.30. The van der Waals surface area contributed by atoms with E-state index in [1.54, 1.807) is 12.1 Å². The minimum absolute atomic E-state index is 0.0796. The average molecular weight is 312 g/mol. The molecule has 7 heteroatoms. The normalized spacial score (nSPS) is 11.0. The van der Waals surface area contributed by atoms with E-state index in [1.165, 1.54) is 12.1 Å². The van der Waals surface area contributed by atoms with Crippen LogP contribution in [0.4, 0.5) is 23.7 Å². The van der Waals surface area contributed by atoms with Crippen LogP contribution in [0.25, 0.3) is 0 Å². The van der Waals surface area contributed by atoms with E-state index in [0.717, 1.165) is 29.0 Å². The molecular weight excluding hydrogens is 301 g/mol. The SMILES string of the molecule is O=C(NSc1ccccc1)Nc1cccc(C(F)(F)F)c1. The predicted octanol–water partition coefficient (Wildman–Crippen LogP) is 4.53. The van der Waals surface area contributed by atoms with Crippen molar-refractivity contribution in [1.29, 1.82) is 0 Å². The van der Waals surface area contributed by atoms with Crippen LogP contribution in [-0.4, -0.2) is 6.03 Å². The van der Waals surface area contributed by atoms with Crippen molar-refractivity contribution in [1.82, 2.24) is 4.72 Å². The van der Waals surface area contributed by atoms with Crippen LogP contribution in [0.15, 0.2) is 59.5 Å². The Hall–Kier alpha value is -2.15. The van der Waals surface area contributed by atoms with Gasteiger partial charge in [-0.1, -0.05) is 24.3 Å². The van der Waals surface area contributed by atoms with Crippen LogP contribution in [-0.2, 0) is 6.18 Å². The highest BCUT2D eigenvalue weighted by Crippen LogP contribution is 2.30. The summed E-state index contributed by atoms with van der Waals surface area (Å²) in [6.45, 7) is 0. The molecule has 110 valence electrons. The topological polar surface area (TPSA) is 41.1 Å². The van der Waals surface area contributed by atoms with E-state index in [9.17, 15) is 18.0 Å². The Balaban J connectivity index is 1.94. The summed E-state index contributed by atoms with van der Waals surface area (Å²) in [5, 5.41) is 2.35. The Labute approximate surface area is 123 Å². The monoisotopic (exact) mass is 312 g/mol. The van der Waals surface area contributed by atoms with Gasteiger partial charge in [0.05, 0.1) is 5.56 Å². The Kier molecular flexibility index (Phi) is 4.74. The van der Waals surface area contributed by atoms with Gasteiger partial charge in [0, 0.05) is 10.6 Å². The van der Waals surface area contributed by atoms with E-state index < -0.39 is 17.8 Å². The Bertz CT molecular complexity index is 617. The molecule has 0 aromatic heterocycles. The molecule has 21 heavy (non-hydrogen) atoms. The fraction of sp³-hybridized carbons (Fsp3) is 0.0714. The summed E-state index contributed by atoms with van der Waals surface area (Å²) in [5.74, 6) is 0. The number of carbonyl (C=O) groups is 1. The maximum Gasteiger partial charge on any atom is 0.416 e. The maximum absolute atomic E-state index is 12.5. The number of rotatable bonds is 3. The first-order valence-electron chi connectivity index (χ1n) is 5.91. The summed E-state index contributed by atoms with van der Waals surface area (Å²) < 4.78 is 40.1. The average Bonchev–Trinajstić information content (AvgIpc) is 2.46. The second kappa shape index (κ2) is 6.53. The van der Waals surface area contributed by atoms with E-state index in [0.29, 0.717) is 0 Å². The molecule has 0 aliphatic rings. The van der Waals surface area contributed by atoms with Crippen molar-refractivity contribution in [3.05, 3.63) is 60.2 Å². The molecule has 0 radical (unpaired) electrons. The summed E-state index contributed by atoms with van der Waals surface area (Å²) in [4.78, 5) is 12.4.